The van der Waals surface area contributed by atoms with Gasteiger partial charge in [0.05, 0.1) is 41.4 Å². The van der Waals surface area contributed by atoms with Crippen LogP contribution in [0.1, 0.15) is 13.3 Å². The summed E-state index contributed by atoms with van der Waals surface area (Å²) in [5.74, 6) is 1.08. The molecular weight excluding hydrogens is 461 g/mol. The third-order valence-electron chi connectivity index (χ3n) is 7.14. The molecule has 2 aromatic carbocycles. The number of rotatable bonds is 7. The van der Waals surface area contributed by atoms with Crippen LogP contribution in [-0.2, 0) is 9.47 Å². The van der Waals surface area contributed by atoms with Crippen molar-refractivity contribution in [2.75, 3.05) is 43.6 Å². The van der Waals surface area contributed by atoms with E-state index in [2.05, 4.69) is 32.1 Å². The van der Waals surface area contributed by atoms with Crippen molar-refractivity contribution < 1.29 is 18.6 Å². The van der Waals surface area contributed by atoms with E-state index >= 15 is 4.39 Å². The van der Waals surface area contributed by atoms with Gasteiger partial charge in [0, 0.05) is 49.5 Å². The fraction of sp³-hybridized carbons (Fsp3) is 0.370. The number of nitrogens with one attached hydrogen (secondary N) is 1. The standard InChI is InChI=1S/C27H28FN5O3/c1-16(17-13-35-14-17)36-24-11-18(33-9-7-19(12-33)34-2)10-23-25(24)27(31-15-30-23)32-22-6-5-21-20(26(22)28)4-3-8-29-21/h3-6,8,10-11,15-17,19H,7,9,12-14H2,1-2H3,(H,30,31,32)/t16-,19?/m1/s1. The minimum absolute atomic E-state index is 0.0564. The van der Waals surface area contributed by atoms with Crippen LogP contribution in [-0.4, -0.2) is 60.6 Å². The molecule has 4 heterocycles. The molecule has 2 atom stereocenters. The SMILES string of the molecule is COC1CCN(c2cc(O[C@H](C)C3COC3)c3c(Nc4ccc5ncccc5c4F)ncnc3c2)C1. The fourth-order valence-electron chi connectivity index (χ4n) is 4.83. The Morgan fingerprint density at radius 1 is 1.14 bits per heavy atom. The Hall–Kier alpha value is -3.56. The topological polar surface area (TPSA) is 81.6 Å². The van der Waals surface area contributed by atoms with Crippen LogP contribution in [0.25, 0.3) is 21.8 Å². The van der Waals surface area contributed by atoms with Crippen LogP contribution in [0.15, 0.2) is 48.9 Å². The van der Waals surface area contributed by atoms with Gasteiger partial charge in [-0.3, -0.25) is 4.98 Å². The molecule has 0 aliphatic carbocycles. The van der Waals surface area contributed by atoms with Gasteiger partial charge in [-0.1, -0.05) is 0 Å². The van der Waals surface area contributed by atoms with E-state index in [1.807, 2.05) is 12.1 Å². The number of aromatic nitrogens is 3. The Kier molecular flexibility index (Phi) is 6.02. The molecule has 0 amide bonds. The average molecular weight is 490 g/mol. The Labute approximate surface area is 208 Å². The summed E-state index contributed by atoms with van der Waals surface area (Å²) in [7, 11) is 1.75. The van der Waals surface area contributed by atoms with Crippen molar-refractivity contribution in [3.05, 3.63) is 54.7 Å². The van der Waals surface area contributed by atoms with Crippen molar-refractivity contribution in [3.8, 4) is 5.75 Å². The highest BCUT2D eigenvalue weighted by Gasteiger charge is 2.29. The molecule has 0 bridgehead atoms. The molecule has 1 unspecified atom stereocenters. The van der Waals surface area contributed by atoms with Crippen LogP contribution in [0.5, 0.6) is 5.75 Å². The highest BCUT2D eigenvalue weighted by atomic mass is 19.1. The Morgan fingerprint density at radius 2 is 2.03 bits per heavy atom. The first kappa shape index (κ1) is 22.9. The van der Waals surface area contributed by atoms with Crippen molar-refractivity contribution in [1.82, 2.24) is 15.0 Å². The molecule has 0 radical (unpaired) electrons. The number of anilines is 3. The van der Waals surface area contributed by atoms with Crippen LogP contribution in [0.3, 0.4) is 0 Å². The Bertz CT molecular complexity index is 1410. The van der Waals surface area contributed by atoms with E-state index in [9.17, 15) is 0 Å². The maximum Gasteiger partial charge on any atom is 0.156 e. The fourth-order valence-corrected chi connectivity index (χ4v) is 4.83. The lowest BCUT2D eigenvalue weighted by atomic mass is 10.0. The number of hydrogen-bond donors (Lipinski definition) is 1. The number of fused-ring (bicyclic) bond motifs is 2. The molecule has 2 fully saturated rings. The summed E-state index contributed by atoms with van der Waals surface area (Å²) in [4.78, 5) is 15.6. The van der Waals surface area contributed by atoms with E-state index in [0.717, 1.165) is 30.7 Å². The predicted molar refractivity (Wildman–Crippen MR) is 137 cm³/mol. The predicted octanol–water partition coefficient (Wildman–Crippen LogP) is 4.70. The van der Waals surface area contributed by atoms with Crippen LogP contribution >= 0.6 is 0 Å². The lowest BCUT2D eigenvalue weighted by Crippen LogP contribution is -2.39. The normalized spacial score (nSPS) is 19.0. The Balaban J connectivity index is 1.42. The van der Waals surface area contributed by atoms with Crippen molar-refractivity contribution in [2.45, 2.75) is 25.6 Å². The molecule has 6 rings (SSSR count). The zero-order valence-corrected chi connectivity index (χ0v) is 20.3. The van der Waals surface area contributed by atoms with Gasteiger partial charge >= 0.3 is 0 Å². The minimum atomic E-state index is -0.380. The zero-order valence-electron chi connectivity index (χ0n) is 20.3. The van der Waals surface area contributed by atoms with Gasteiger partial charge in [-0.15, -0.1) is 0 Å². The van der Waals surface area contributed by atoms with Crippen LogP contribution in [0.2, 0.25) is 0 Å². The highest BCUT2D eigenvalue weighted by Crippen LogP contribution is 2.39. The number of methoxy groups -OCH3 is 1. The minimum Gasteiger partial charge on any atom is -0.489 e. The molecular formula is C27H28FN5O3. The van der Waals surface area contributed by atoms with Crippen molar-refractivity contribution >= 4 is 39.0 Å². The second-order valence-electron chi connectivity index (χ2n) is 9.40. The van der Waals surface area contributed by atoms with Crippen LogP contribution < -0.4 is 15.0 Å². The molecule has 186 valence electrons. The Morgan fingerprint density at radius 3 is 2.81 bits per heavy atom. The first-order chi connectivity index (χ1) is 17.6. The first-order valence-electron chi connectivity index (χ1n) is 12.2. The third-order valence-corrected chi connectivity index (χ3v) is 7.14. The molecule has 1 N–H and O–H groups in total. The van der Waals surface area contributed by atoms with Gasteiger partial charge in [0.2, 0.25) is 0 Å². The second-order valence-corrected chi connectivity index (χ2v) is 9.40. The van der Waals surface area contributed by atoms with Crippen molar-refractivity contribution in [2.24, 2.45) is 5.92 Å². The molecule has 2 aliphatic rings. The van der Waals surface area contributed by atoms with E-state index in [0.29, 0.717) is 52.7 Å². The maximum atomic E-state index is 15.4. The van der Waals surface area contributed by atoms with Gasteiger partial charge < -0.3 is 24.4 Å². The van der Waals surface area contributed by atoms with Crippen LogP contribution in [0.4, 0.5) is 21.6 Å². The summed E-state index contributed by atoms with van der Waals surface area (Å²) >= 11 is 0. The quantitative estimate of drug-likeness (QED) is 0.400. The number of pyridine rings is 1. The number of benzene rings is 2. The molecule has 36 heavy (non-hydrogen) atoms. The molecule has 8 nitrogen and oxygen atoms in total. The van der Waals surface area contributed by atoms with Gasteiger partial charge in [-0.05, 0) is 43.7 Å². The largest absolute Gasteiger partial charge is 0.489 e. The van der Waals surface area contributed by atoms with Crippen molar-refractivity contribution in [1.29, 1.82) is 0 Å². The lowest BCUT2D eigenvalue weighted by Gasteiger charge is -2.32. The first-order valence-corrected chi connectivity index (χ1v) is 12.2. The second kappa shape index (κ2) is 9.48. The number of nitrogens with zero attached hydrogens (tertiary/aromatic N) is 4. The smallest absolute Gasteiger partial charge is 0.156 e. The van der Waals surface area contributed by atoms with Crippen molar-refractivity contribution in [3.63, 3.8) is 0 Å². The van der Waals surface area contributed by atoms with Gasteiger partial charge in [-0.25, -0.2) is 14.4 Å². The summed E-state index contributed by atoms with van der Waals surface area (Å²) in [6.45, 7) is 5.11. The summed E-state index contributed by atoms with van der Waals surface area (Å²) < 4.78 is 32.8. The van der Waals surface area contributed by atoms with E-state index in [-0.39, 0.29) is 18.0 Å². The summed E-state index contributed by atoms with van der Waals surface area (Å²) in [6, 6.07) is 11.0. The molecule has 4 aromatic rings. The number of hydrogen-bond acceptors (Lipinski definition) is 8. The van der Waals surface area contributed by atoms with E-state index < -0.39 is 0 Å². The maximum absolute atomic E-state index is 15.4. The molecule has 0 spiro atoms. The van der Waals surface area contributed by atoms with Gasteiger partial charge in [-0.2, -0.15) is 0 Å². The van der Waals surface area contributed by atoms with Crippen LogP contribution in [0, 0.1) is 11.7 Å². The molecule has 2 saturated heterocycles. The monoisotopic (exact) mass is 489 g/mol. The molecule has 2 aliphatic heterocycles. The van der Waals surface area contributed by atoms with E-state index in [1.165, 1.54) is 6.33 Å². The molecule has 9 heteroatoms. The molecule has 0 saturated carbocycles. The van der Waals surface area contributed by atoms with Gasteiger partial charge in [0.15, 0.2) is 5.82 Å². The van der Waals surface area contributed by atoms with E-state index in [1.54, 1.807) is 37.6 Å². The summed E-state index contributed by atoms with van der Waals surface area (Å²) in [6.07, 6.45) is 4.25. The summed E-state index contributed by atoms with van der Waals surface area (Å²) in [5.41, 5.74) is 2.65. The highest BCUT2D eigenvalue weighted by molar-refractivity contribution is 5.98. The van der Waals surface area contributed by atoms with Gasteiger partial charge in [0.25, 0.3) is 0 Å². The number of halogens is 1. The molecule has 2 aromatic heterocycles. The summed E-state index contributed by atoms with van der Waals surface area (Å²) in [5, 5.41) is 4.35. The number of ether oxygens (including phenoxy) is 3. The zero-order chi connectivity index (χ0) is 24.6. The lowest BCUT2D eigenvalue weighted by molar-refractivity contribution is -0.0773. The van der Waals surface area contributed by atoms with E-state index in [4.69, 9.17) is 14.2 Å². The third kappa shape index (κ3) is 4.18. The average Bonchev–Trinajstić information content (AvgIpc) is 3.34. The van der Waals surface area contributed by atoms with Gasteiger partial charge in [0.1, 0.15) is 24.0 Å².